The average Bonchev–Trinajstić information content (AvgIpc) is 3.74. The van der Waals surface area contributed by atoms with Gasteiger partial charge in [-0.3, -0.25) is 0 Å². The fourth-order valence-corrected chi connectivity index (χ4v) is 7.91. The van der Waals surface area contributed by atoms with Crippen molar-refractivity contribution in [3.05, 3.63) is 180 Å². The summed E-state index contributed by atoms with van der Waals surface area (Å²) in [6, 6.07) is 49.8. The third-order valence-electron chi connectivity index (χ3n) is 10.4. The number of hydrogen-bond donors (Lipinski definition) is 2. The Balaban J connectivity index is 1.05. The van der Waals surface area contributed by atoms with Crippen LogP contribution in [0.25, 0.3) is 65.9 Å². The molecule has 50 heavy (non-hydrogen) atoms. The van der Waals surface area contributed by atoms with Gasteiger partial charge >= 0.3 is 0 Å². The first-order valence-corrected chi connectivity index (χ1v) is 17.4. The lowest BCUT2D eigenvalue weighted by atomic mass is 9.95. The standard InChI is InChI=1S/C45H35N4O/c1-3-12-29(13-4-1)43-46-44(30-14-5-2-6-15-30)48-45(47-43)31-22-25-33(26-23-31)49-39-20-9-7-16-35(39)36-27-24-32(28-40(36)49)34-18-11-19-38-37-17-8-10-21-41(37)50-42(34)38/h1-14,16-28,30,43-45,47-48H,15H2/q-1. The number of allylic oxidation sites excluding steroid dienone is 3. The third-order valence-corrected chi connectivity index (χ3v) is 10.4. The summed E-state index contributed by atoms with van der Waals surface area (Å²) >= 11 is 0. The van der Waals surface area contributed by atoms with Crippen LogP contribution in [-0.4, -0.2) is 10.7 Å². The predicted molar refractivity (Wildman–Crippen MR) is 205 cm³/mol. The molecule has 1 saturated heterocycles. The van der Waals surface area contributed by atoms with Gasteiger partial charge < -0.3 is 24.9 Å². The van der Waals surface area contributed by atoms with Crippen LogP contribution in [0, 0.1) is 5.92 Å². The summed E-state index contributed by atoms with van der Waals surface area (Å²) in [4.78, 5) is 0. The molecule has 10 rings (SSSR count). The molecule has 0 bridgehead atoms. The van der Waals surface area contributed by atoms with Gasteiger partial charge in [-0.15, -0.1) is 0 Å². The van der Waals surface area contributed by atoms with E-state index >= 15 is 0 Å². The van der Waals surface area contributed by atoms with Crippen LogP contribution in [0.15, 0.2) is 168 Å². The monoisotopic (exact) mass is 647 g/mol. The van der Waals surface area contributed by atoms with Crippen LogP contribution < -0.4 is 10.6 Å². The van der Waals surface area contributed by atoms with Crippen molar-refractivity contribution in [3.8, 4) is 16.8 Å². The zero-order valence-corrected chi connectivity index (χ0v) is 27.4. The van der Waals surface area contributed by atoms with Gasteiger partial charge in [-0.2, -0.15) is 0 Å². The number of nitrogens with one attached hydrogen (secondary N) is 2. The van der Waals surface area contributed by atoms with E-state index in [1.165, 1.54) is 32.9 Å². The number of rotatable bonds is 5. The van der Waals surface area contributed by atoms with Crippen LogP contribution in [0.5, 0.6) is 0 Å². The largest absolute Gasteiger partial charge is 0.628 e. The van der Waals surface area contributed by atoms with Gasteiger partial charge in [0.05, 0.1) is 17.2 Å². The Labute approximate surface area is 290 Å². The highest BCUT2D eigenvalue weighted by Crippen LogP contribution is 2.40. The van der Waals surface area contributed by atoms with E-state index in [1.54, 1.807) is 0 Å². The number of aromatic nitrogens is 1. The molecular formula is C45H35N4O-. The molecule has 8 aromatic rings. The number of furan rings is 1. The van der Waals surface area contributed by atoms with Gasteiger partial charge in [-0.1, -0.05) is 151 Å². The summed E-state index contributed by atoms with van der Waals surface area (Å²) in [5, 5.41) is 17.6. The molecule has 2 aliphatic rings. The quantitative estimate of drug-likeness (QED) is 0.195. The van der Waals surface area contributed by atoms with E-state index in [4.69, 9.17) is 9.73 Å². The van der Waals surface area contributed by atoms with Gasteiger partial charge in [0.15, 0.2) is 0 Å². The molecule has 0 spiro atoms. The normalized spacial score (nSPS) is 20.7. The van der Waals surface area contributed by atoms with Gasteiger partial charge in [-0.25, -0.2) is 0 Å². The summed E-state index contributed by atoms with van der Waals surface area (Å²) in [6.07, 6.45) is 9.61. The maximum Gasteiger partial charge on any atom is 0.143 e. The first-order valence-electron chi connectivity index (χ1n) is 17.4. The van der Waals surface area contributed by atoms with Gasteiger partial charge in [0.25, 0.3) is 0 Å². The van der Waals surface area contributed by atoms with Crippen molar-refractivity contribution in [2.75, 3.05) is 0 Å². The smallest absolute Gasteiger partial charge is 0.143 e. The Kier molecular flexibility index (Phi) is 7.01. The Morgan fingerprint density at radius 3 is 2.26 bits per heavy atom. The van der Waals surface area contributed by atoms with Crippen molar-refractivity contribution in [3.63, 3.8) is 0 Å². The lowest BCUT2D eigenvalue weighted by Gasteiger charge is -2.52. The van der Waals surface area contributed by atoms with E-state index in [9.17, 15) is 0 Å². The molecule has 4 atom stereocenters. The van der Waals surface area contributed by atoms with Gasteiger partial charge in [-0.05, 0) is 53.8 Å². The van der Waals surface area contributed by atoms with Crippen LogP contribution >= 0.6 is 0 Å². The highest BCUT2D eigenvalue weighted by atomic mass is 16.3. The molecule has 1 aliphatic carbocycles. The van der Waals surface area contributed by atoms with Crippen molar-refractivity contribution in [1.29, 1.82) is 0 Å². The molecule has 3 heterocycles. The molecule has 2 N–H and O–H groups in total. The topological polar surface area (TPSA) is 56.2 Å². The Bertz CT molecular complexity index is 2580. The average molecular weight is 648 g/mol. The van der Waals surface area contributed by atoms with E-state index in [-0.39, 0.29) is 18.5 Å². The predicted octanol–water partition coefficient (Wildman–Crippen LogP) is 11.1. The molecule has 5 nitrogen and oxygen atoms in total. The minimum atomic E-state index is -0.0987. The van der Waals surface area contributed by atoms with Crippen LogP contribution in [0.1, 0.15) is 29.9 Å². The Morgan fingerprint density at radius 2 is 1.40 bits per heavy atom. The maximum atomic E-state index is 6.44. The molecule has 1 fully saturated rings. The highest BCUT2D eigenvalue weighted by Gasteiger charge is 2.25. The van der Waals surface area contributed by atoms with E-state index in [1.807, 2.05) is 12.1 Å². The van der Waals surface area contributed by atoms with Crippen LogP contribution in [-0.2, 0) is 0 Å². The fraction of sp³-hybridized carbons (Fsp3) is 0.111. The molecule has 2 aromatic heterocycles. The Hall–Kier alpha value is -5.72. The van der Waals surface area contributed by atoms with E-state index in [0.717, 1.165) is 45.2 Å². The SMILES string of the molecule is C1=CCC(C2[N-]C(c3ccccc3)NC(c3ccc(-n4c5ccccc5c5ccc(-c6cccc7c6oc6ccccc67)cc54)cc3)N2)C=C1. The zero-order valence-electron chi connectivity index (χ0n) is 27.4. The second-order valence-electron chi connectivity index (χ2n) is 13.3. The van der Waals surface area contributed by atoms with E-state index < -0.39 is 0 Å². The molecule has 0 amide bonds. The summed E-state index contributed by atoms with van der Waals surface area (Å²) in [5.41, 5.74) is 9.89. The van der Waals surface area contributed by atoms with Crippen molar-refractivity contribution in [1.82, 2.24) is 15.2 Å². The molecule has 1 aliphatic heterocycles. The fourth-order valence-electron chi connectivity index (χ4n) is 7.91. The van der Waals surface area contributed by atoms with Crippen LogP contribution in [0.3, 0.4) is 0 Å². The first-order chi connectivity index (χ1) is 24.8. The van der Waals surface area contributed by atoms with Gasteiger partial charge in [0.1, 0.15) is 11.2 Å². The molecule has 242 valence electrons. The van der Waals surface area contributed by atoms with Gasteiger partial charge in [0.2, 0.25) is 0 Å². The van der Waals surface area contributed by atoms with E-state index in [0.29, 0.717) is 5.92 Å². The summed E-state index contributed by atoms with van der Waals surface area (Å²) in [6.45, 7) is 0. The molecule has 4 unspecified atom stereocenters. The summed E-state index contributed by atoms with van der Waals surface area (Å²) in [7, 11) is 0. The number of benzene rings is 6. The van der Waals surface area contributed by atoms with Crippen molar-refractivity contribution in [2.24, 2.45) is 5.92 Å². The van der Waals surface area contributed by atoms with E-state index in [2.05, 4.69) is 167 Å². The third kappa shape index (κ3) is 4.90. The number of para-hydroxylation sites is 3. The lowest BCUT2D eigenvalue weighted by Crippen LogP contribution is -2.50. The number of hydrogen-bond acceptors (Lipinski definition) is 3. The number of nitrogens with zero attached hydrogens (tertiary/aromatic N) is 2. The first kappa shape index (κ1) is 29.2. The van der Waals surface area contributed by atoms with Crippen molar-refractivity contribution >= 4 is 43.7 Å². The molecule has 6 aromatic carbocycles. The van der Waals surface area contributed by atoms with Crippen LogP contribution in [0.2, 0.25) is 0 Å². The second-order valence-corrected chi connectivity index (χ2v) is 13.3. The molecule has 0 radical (unpaired) electrons. The highest BCUT2D eigenvalue weighted by molar-refractivity contribution is 6.12. The molecule has 5 heteroatoms. The minimum absolute atomic E-state index is 0.000651. The van der Waals surface area contributed by atoms with Crippen molar-refractivity contribution < 1.29 is 4.42 Å². The molecule has 0 saturated carbocycles. The van der Waals surface area contributed by atoms with Gasteiger partial charge in [0, 0.05) is 32.8 Å². The summed E-state index contributed by atoms with van der Waals surface area (Å²) in [5.74, 6) is 0.312. The molecular weight excluding hydrogens is 613 g/mol. The summed E-state index contributed by atoms with van der Waals surface area (Å²) < 4.78 is 8.84. The Morgan fingerprint density at radius 1 is 0.620 bits per heavy atom. The van der Waals surface area contributed by atoms with Crippen LogP contribution in [0.4, 0.5) is 0 Å². The lowest BCUT2D eigenvalue weighted by molar-refractivity contribution is 0.277. The van der Waals surface area contributed by atoms with Crippen molar-refractivity contribution in [2.45, 2.75) is 24.9 Å². The minimum Gasteiger partial charge on any atom is -0.628 e. The number of fused-ring (bicyclic) bond motifs is 6. The maximum absolute atomic E-state index is 6.44. The second kappa shape index (κ2) is 12.0. The zero-order chi connectivity index (χ0) is 33.0.